The van der Waals surface area contributed by atoms with Crippen LogP contribution < -0.4 is 16.4 Å². The lowest BCUT2D eigenvalue weighted by atomic mass is 9.93. The van der Waals surface area contributed by atoms with Crippen LogP contribution in [0.1, 0.15) is 0 Å². The lowest BCUT2D eigenvalue weighted by Crippen LogP contribution is -1.94. The van der Waals surface area contributed by atoms with Crippen LogP contribution in [-0.2, 0) is 0 Å². The molecule has 0 fully saturated rings. The Balaban J connectivity index is 1.34. The van der Waals surface area contributed by atoms with Crippen LogP contribution in [0.2, 0.25) is 0 Å². The molecule has 6 rings (SSSR count). The van der Waals surface area contributed by atoms with Crippen molar-refractivity contribution in [3.05, 3.63) is 103 Å². The van der Waals surface area contributed by atoms with Gasteiger partial charge in [0.2, 0.25) is 0 Å². The number of nitrogens with two attached hydrogens (primary N) is 1. The second kappa shape index (κ2) is 6.92. The first-order valence-electron chi connectivity index (χ1n) is 10.4. The second-order valence-electron chi connectivity index (χ2n) is 7.92. The van der Waals surface area contributed by atoms with E-state index in [0.717, 1.165) is 28.4 Å². The number of rotatable bonds is 4. The van der Waals surface area contributed by atoms with E-state index in [0.29, 0.717) is 0 Å². The third-order valence-corrected chi connectivity index (χ3v) is 5.89. The van der Waals surface area contributed by atoms with Gasteiger partial charge in [0.1, 0.15) is 0 Å². The van der Waals surface area contributed by atoms with E-state index in [1.165, 1.54) is 32.3 Å². The summed E-state index contributed by atoms with van der Waals surface area (Å²) in [6.45, 7) is 0. The molecule has 0 aliphatic rings. The van der Waals surface area contributed by atoms with Crippen LogP contribution in [0.4, 0.5) is 28.4 Å². The average molecular weight is 399 g/mol. The smallest absolute Gasteiger partial charge is 0.0464 e. The molecule has 0 heterocycles. The highest BCUT2D eigenvalue weighted by molar-refractivity contribution is 6.25. The van der Waals surface area contributed by atoms with E-state index < -0.39 is 0 Å². The molecule has 0 aliphatic heterocycles. The topological polar surface area (TPSA) is 50.1 Å². The highest BCUT2D eigenvalue weighted by atomic mass is 14.9. The fraction of sp³-hybridized carbons (Fsp3) is 0. The van der Waals surface area contributed by atoms with Crippen LogP contribution in [-0.4, -0.2) is 0 Å². The van der Waals surface area contributed by atoms with E-state index in [2.05, 4.69) is 89.5 Å². The van der Waals surface area contributed by atoms with Gasteiger partial charge >= 0.3 is 0 Å². The molecule has 0 radical (unpaired) electrons. The molecular weight excluding hydrogens is 378 g/mol. The molecule has 0 bridgehead atoms. The van der Waals surface area contributed by atoms with Gasteiger partial charge in [0.25, 0.3) is 0 Å². The maximum atomic E-state index is 5.76. The molecule has 6 aromatic rings. The Morgan fingerprint density at radius 3 is 1.65 bits per heavy atom. The first-order valence-corrected chi connectivity index (χ1v) is 10.4. The first kappa shape index (κ1) is 17.6. The Labute approximate surface area is 180 Å². The predicted molar refractivity (Wildman–Crippen MR) is 134 cm³/mol. The molecule has 0 atom stereocenters. The van der Waals surface area contributed by atoms with Gasteiger partial charge in [0, 0.05) is 33.8 Å². The van der Waals surface area contributed by atoms with E-state index in [1.54, 1.807) is 0 Å². The van der Waals surface area contributed by atoms with Gasteiger partial charge < -0.3 is 16.4 Å². The van der Waals surface area contributed by atoms with E-state index >= 15 is 0 Å². The number of benzene rings is 6. The molecule has 4 N–H and O–H groups in total. The van der Waals surface area contributed by atoms with Gasteiger partial charge in [-0.1, -0.05) is 48.5 Å². The molecule has 0 aromatic heterocycles. The Bertz CT molecular complexity index is 1500. The number of hydrogen-bond acceptors (Lipinski definition) is 3. The van der Waals surface area contributed by atoms with Crippen LogP contribution in [0, 0.1) is 0 Å². The highest BCUT2D eigenvalue weighted by Crippen LogP contribution is 2.38. The SMILES string of the molecule is Nc1ccc(Nc2ccc(Nc3ccc4ccc5cccc6ccc3c4c56)cc2)cc1. The zero-order valence-electron chi connectivity index (χ0n) is 16.9. The summed E-state index contributed by atoms with van der Waals surface area (Å²) in [6, 6.07) is 35.8. The maximum Gasteiger partial charge on any atom is 0.0464 e. The molecule has 0 saturated carbocycles. The van der Waals surface area contributed by atoms with Crippen molar-refractivity contribution >= 4 is 60.8 Å². The van der Waals surface area contributed by atoms with Crippen molar-refractivity contribution in [2.24, 2.45) is 0 Å². The van der Waals surface area contributed by atoms with Gasteiger partial charge in [0.05, 0.1) is 0 Å². The van der Waals surface area contributed by atoms with Crippen molar-refractivity contribution in [2.45, 2.75) is 0 Å². The van der Waals surface area contributed by atoms with Crippen molar-refractivity contribution in [3.63, 3.8) is 0 Å². The number of nitrogen functional groups attached to an aromatic ring is 1. The Hall–Kier alpha value is -4.24. The summed E-state index contributed by atoms with van der Waals surface area (Å²) in [4.78, 5) is 0. The zero-order chi connectivity index (χ0) is 20.8. The summed E-state index contributed by atoms with van der Waals surface area (Å²) in [6.07, 6.45) is 0. The van der Waals surface area contributed by atoms with Gasteiger partial charge in [0.15, 0.2) is 0 Å². The minimum absolute atomic E-state index is 0.762. The molecule has 0 spiro atoms. The van der Waals surface area contributed by atoms with Crippen LogP contribution >= 0.6 is 0 Å². The van der Waals surface area contributed by atoms with Gasteiger partial charge in [-0.3, -0.25) is 0 Å². The molecule has 148 valence electrons. The van der Waals surface area contributed by atoms with Gasteiger partial charge in [-0.05, 0) is 81.5 Å². The van der Waals surface area contributed by atoms with E-state index in [4.69, 9.17) is 5.73 Å². The van der Waals surface area contributed by atoms with Crippen molar-refractivity contribution in [1.82, 2.24) is 0 Å². The molecule has 0 unspecified atom stereocenters. The predicted octanol–water partition coefficient (Wildman–Crippen LogP) is 7.65. The van der Waals surface area contributed by atoms with Crippen LogP contribution in [0.15, 0.2) is 103 Å². The van der Waals surface area contributed by atoms with Gasteiger partial charge in [-0.15, -0.1) is 0 Å². The molecular formula is C28H21N3. The third-order valence-electron chi connectivity index (χ3n) is 5.89. The number of anilines is 5. The van der Waals surface area contributed by atoms with Crippen LogP contribution in [0.25, 0.3) is 32.3 Å². The summed E-state index contributed by atoms with van der Waals surface area (Å²) >= 11 is 0. The minimum atomic E-state index is 0.762. The molecule has 0 saturated heterocycles. The number of hydrogen-bond donors (Lipinski definition) is 3. The maximum absolute atomic E-state index is 5.76. The summed E-state index contributed by atoms with van der Waals surface area (Å²) in [7, 11) is 0. The van der Waals surface area contributed by atoms with Crippen LogP contribution in [0.5, 0.6) is 0 Å². The Kier molecular flexibility index (Phi) is 3.93. The summed E-state index contributed by atoms with van der Waals surface area (Å²) in [5.41, 5.74) is 10.7. The molecule has 6 aromatic carbocycles. The number of nitrogens with one attached hydrogen (secondary N) is 2. The first-order chi connectivity index (χ1) is 15.2. The van der Waals surface area contributed by atoms with Crippen molar-refractivity contribution in [3.8, 4) is 0 Å². The van der Waals surface area contributed by atoms with Gasteiger partial charge in [-0.2, -0.15) is 0 Å². The molecule has 3 heteroatoms. The lowest BCUT2D eigenvalue weighted by molar-refractivity contribution is 1.53. The largest absolute Gasteiger partial charge is 0.399 e. The Morgan fingerprint density at radius 2 is 0.968 bits per heavy atom. The van der Waals surface area contributed by atoms with Crippen molar-refractivity contribution in [1.29, 1.82) is 0 Å². The fourth-order valence-electron chi connectivity index (χ4n) is 4.37. The minimum Gasteiger partial charge on any atom is -0.399 e. The van der Waals surface area contributed by atoms with Crippen molar-refractivity contribution < 1.29 is 0 Å². The fourth-order valence-corrected chi connectivity index (χ4v) is 4.37. The van der Waals surface area contributed by atoms with Crippen LogP contribution in [0.3, 0.4) is 0 Å². The standard InChI is InChI=1S/C28H21N3/c29-21-8-10-22(11-9-21)30-23-12-14-24(15-13-23)31-26-17-7-20-5-4-18-2-1-3-19-6-16-25(26)28(20)27(18)19/h1-17,30-31H,29H2. The third kappa shape index (κ3) is 3.08. The zero-order valence-corrected chi connectivity index (χ0v) is 16.9. The quantitative estimate of drug-likeness (QED) is 0.211. The summed E-state index contributed by atoms with van der Waals surface area (Å²) in [5.74, 6) is 0. The second-order valence-corrected chi connectivity index (χ2v) is 7.92. The normalized spacial score (nSPS) is 11.4. The lowest BCUT2D eigenvalue weighted by Gasteiger charge is -2.15. The van der Waals surface area contributed by atoms with Gasteiger partial charge in [-0.25, -0.2) is 0 Å². The van der Waals surface area contributed by atoms with Crippen molar-refractivity contribution in [2.75, 3.05) is 16.4 Å². The van der Waals surface area contributed by atoms with E-state index in [9.17, 15) is 0 Å². The monoisotopic (exact) mass is 399 g/mol. The molecule has 3 nitrogen and oxygen atoms in total. The van der Waals surface area contributed by atoms with E-state index in [1.807, 2.05) is 24.3 Å². The molecule has 0 aliphatic carbocycles. The Morgan fingerprint density at radius 1 is 0.452 bits per heavy atom. The van der Waals surface area contributed by atoms with E-state index in [-0.39, 0.29) is 0 Å². The molecule has 31 heavy (non-hydrogen) atoms. The molecule has 0 amide bonds. The summed E-state index contributed by atoms with van der Waals surface area (Å²) < 4.78 is 0. The highest BCUT2D eigenvalue weighted by Gasteiger charge is 2.10. The summed E-state index contributed by atoms with van der Waals surface area (Å²) in [5, 5.41) is 14.8. The average Bonchev–Trinajstić information content (AvgIpc) is 2.81.